The summed E-state index contributed by atoms with van der Waals surface area (Å²) in [5, 5.41) is 3.85. The molecule has 1 rings (SSSR count). The minimum Gasteiger partial charge on any atom is -0.310 e. The smallest absolute Gasteiger partial charge is 0.0158 e. The van der Waals surface area contributed by atoms with E-state index in [-0.39, 0.29) is 0 Å². The van der Waals surface area contributed by atoms with E-state index in [2.05, 4.69) is 18.5 Å². The van der Waals surface area contributed by atoms with Gasteiger partial charge in [0.25, 0.3) is 0 Å². The molecule has 0 radical (unpaired) electrons. The zero-order valence-electron chi connectivity index (χ0n) is 10.4. The first kappa shape index (κ1) is 13.4. The van der Waals surface area contributed by atoms with Crippen molar-refractivity contribution in [2.24, 2.45) is 0 Å². The van der Waals surface area contributed by atoms with Gasteiger partial charge in [-0.05, 0) is 25.5 Å². The van der Waals surface area contributed by atoms with Crippen LogP contribution in [0.1, 0.15) is 58.3 Å². The summed E-state index contributed by atoms with van der Waals surface area (Å²) in [7, 11) is 0. The molecule has 1 aliphatic rings. The summed E-state index contributed by atoms with van der Waals surface area (Å²) in [6, 6.07) is 1.55. The average Bonchev–Trinajstić information content (AvgIpc) is 2.20. The quantitative estimate of drug-likeness (QED) is 0.769. The van der Waals surface area contributed by atoms with Crippen molar-refractivity contribution in [3.63, 3.8) is 0 Å². The predicted molar refractivity (Wildman–Crippen MR) is 71.7 cm³/mol. The molecule has 1 atom stereocenters. The molecule has 0 aromatic rings. The van der Waals surface area contributed by atoms with Gasteiger partial charge in [-0.3, -0.25) is 0 Å². The molecular weight excluding hydrogens is 202 g/mol. The van der Waals surface area contributed by atoms with Crippen LogP contribution in [0.3, 0.4) is 0 Å². The summed E-state index contributed by atoms with van der Waals surface area (Å²) in [5.41, 5.74) is 0. The summed E-state index contributed by atoms with van der Waals surface area (Å²) in [4.78, 5) is 0. The average molecular weight is 229 g/mol. The molecular formula is C13H27NS. The van der Waals surface area contributed by atoms with Gasteiger partial charge in [-0.2, -0.15) is 11.8 Å². The van der Waals surface area contributed by atoms with Crippen LogP contribution < -0.4 is 5.32 Å². The molecule has 15 heavy (non-hydrogen) atoms. The van der Waals surface area contributed by atoms with E-state index < -0.39 is 0 Å². The van der Waals surface area contributed by atoms with E-state index >= 15 is 0 Å². The molecule has 0 spiro atoms. The second-order valence-corrected chi connectivity index (χ2v) is 5.68. The van der Waals surface area contributed by atoms with Gasteiger partial charge in [0.2, 0.25) is 0 Å². The largest absolute Gasteiger partial charge is 0.310 e. The lowest BCUT2D eigenvalue weighted by atomic mass is 9.96. The molecule has 0 aliphatic heterocycles. The van der Waals surface area contributed by atoms with E-state index in [1.165, 1.54) is 57.1 Å². The minimum absolute atomic E-state index is 0.740. The standard InChI is InChI=1S/C13H27NS/c1-3-12(11-15-2)14-13-9-7-5-4-6-8-10-13/h12-14H,3-11H2,1-2H3. The number of nitrogens with one attached hydrogen (secondary N) is 1. The lowest BCUT2D eigenvalue weighted by Crippen LogP contribution is -2.39. The molecule has 1 N–H and O–H groups in total. The molecule has 90 valence electrons. The number of hydrogen-bond donors (Lipinski definition) is 1. The van der Waals surface area contributed by atoms with E-state index in [9.17, 15) is 0 Å². The lowest BCUT2D eigenvalue weighted by molar-refractivity contribution is 0.358. The van der Waals surface area contributed by atoms with Crippen LogP contribution in [0.15, 0.2) is 0 Å². The highest BCUT2D eigenvalue weighted by atomic mass is 32.2. The molecule has 1 unspecified atom stereocenters. The van der Waals surface area contributed by atoms with Gasteiger partial charge in [0.05, 0.1) is 0 Å². The number of thioether (sulfide) groups is 1. The van der Waals surface area contributed by atoms with Crippen molar-refractivity contribution in [1.29, 1.82) is 0 Å². The van der Waals surface area contributed by atoms with E-state index in [0.29, 0.717) is 0 Å². The Morgan fingerprint density at radius 1 is 1.13 bits per heavy atom. The van der Waals surface area contributed by atoms with Gasteiger partial charge in [-0.15, -0.1) is 0 Å². The van der Waals surface area contributed by atoms with Gasteiger partial charge in [0.15, 0.2) is 0 Å². The van der Waals surface area contributed by atoms with Gasteiger partial charge in [0.1, 0.15) is 0 Å². The summed E-state index contributed by atoms with van der Waals surface area (Å²) in [5.74, 6) is 1.27. The van der Waals surface area contributed by atoms with Crippen LogP contribution in [0.4, 0.5) is 0 Å². The van der Waals surface area contributed by atoms with Crippen LogP contribution in [0, 0.1) is 0 Å². The van der Waals surface area contributed by atoms with Crippen LogP contribution >= 0.6 is 11.8 Å². The third kappa shape index (κ3) is 5.82. The van der Waals surface area contributed by atoms with Crippen LogP contribution in [0.5, 0.6) is 0 Å². The number of rotatable bonds is 5. The summed E-state index contributed by atoms with van der Waals surface area (Å²) in [6.45, 7) is 2.30. The molecule has 0 amide bonds. The van der Waals surface area contributed by atoms with E-state index in [4.69, 9.17) is 0 Å². The van der Waals surface area contributed by atoms with E-state index in [0.717, 1.165) is 12.1 Å². The maximum atomic E-state index is 3.85. The van der Waals surface area contributed by atoms with Crippen molar-refractivity contribution >= 4 is 11.8 Å². The van der Waals surface area contributed by atoms with Crippen LogP contribution in [0.2, 0.25) is 0 Å². The van der Waals surface area contributed by atoms with Gasteiger partial charge in [-0.25, -0.2) is 0 Å². The van der Waals surface area contributed by atoms with Crippen molar-refractivity contribution < 1.29 is 0 Å². The van der Waals surface area contributed by atoms with Gasteiger partial charge < -0.3 is 5.32 Å². The maximum absolute atomic E-state index is 3.85. The topological polar surface area (TPSA) is 12.0 Å². The first-order valence-electron chi connectivity index (χ1n) is 6.61. The fourth-order valence-electron chi connectivity index (χ4n) is 2.44. The van der Waals surface area contributed by atoms with Gasteiger partial charge >= 0.3 is 0 Å². The summed E-state index contributed by atoms with van der Waals surface area (Å²) in [6.07, 6.45) is 13.6. The van der Waals surface area contributed by atoms with Crippen LogP contribution in [0.25, 0.3) is 0 Å². The van der Waals surface area contributed by atoms with Crippen LogP contribution in [-0.4, -0.2) is 24.1 Å². The minimum atomic E-state index is 0.740. The molecule has 0 heterocycles. The molecule has 1 aliphatic carbocycles. The molecule has 1 fully saturated rings. The Balaban J connectivity index is 2.26. The fourth-order valence-corrected chi connectivity index (χ4v) is 3.18. The van der Waals surface area contributed by atoms with Crippen molar-refractivity contribution in [2.45, 2.75) is 70.4 Å². The fraction of sp³-hybridized carbons (Fsp3) is 1.00. The van der Waals surface area contributed by atoms with Crippen molar-refractivity contribution in [2.75, 3.05) is 12.0 Å². The zero-order valence-corrected chi connectivity index (χ0v) is 11.2. The highest BCUT2D eigenvalue weighted by Crippen LogP contribution is 2.18. The Bertz CT molecular complexity index is 141. The summed E-state index contributed by atoms with van der Waals surface area (Å²) >= 11 is 1.97. The molecule has 1 saturated carbocycles. The Morgan fingerprint density at radius 3 is 2.27 bits per heavy atom. The predicted octanol–water partition coefficient (Wildman–Crippen LogP) is 3.83. The Kier molecular flexibility index (Phi) is 7.54. The first-order chi connectivity index (χ1) is 7.36. The molecule has 0 bridgehead atoms. The molecule has 0 aromatic heterocycles. The third-order valence-corrected chi connectivity index (χ3v) is 4.17. The SMILES string of the molecule is CCC(CSC)NC1CCCCCCC1. The second-order valence-electron chi connectivity index (χ2n) is 4.77. The Labute approximate surface area is 99.8 Å². The van der Waals surface area contributed by atoms with Gasteiger partial charge in [0, 0.05) is 17.8 Å². The second kappa shape index (κ2) is 8.46. The highest BCUT2D eigenvalue weighted by Gasteiger charge is 2.14. The van der Waals surface area contributed by atoms with Crippen LogP contribution in [-0.2, 0) is 0 Å². The molecule has 1 nitrogen and oxygen atoms in total. The molecule has 0 aromatic carbocycles. The zero-order chi connectivity index (χ0) is 10.9. The summed E-state index contributed by atoms with van der Waals surface area (Å²) < 4.78 is 0. The van der Waals surface area contributed by atoms with Crippen molar-refractivity contribution in [3.8, 4) is 0 Å². The van der Waals surface area contributed by atoms with Crippen molar-refractivity contribution in [3.05, 3.63) is 0 Å². The van der Waals surface area contributed by atoms with Gasteiger partial charge in [-0.1, -0.05) is 39.0 Å². The Hall–Kier alpha value is 0.310. The number of hydrogen-bond acceptors (Lipinski definition) is 2. The third-order valence-electron chi connectivity index (χ3n) is 3.44. The molecule has 0 saturated heterocycles. The normalized spacial score (nSPS) is 22.0. The highest BCUT2D eigenvalue weighted by molar-refractivity contribution is 7.98. The maximum Gasteiger partial charge on any atom is 0.0158 e. The Morgan fingerprint density at radius 2 is 1.73 bits per heavy atom. The lowest BCUT2D eigenvalue weighted by Gasteiger charge is -2.26. The first-order valence-corrected chi connectivity index (χ1v) is 8.01. The van der Waals surface area contributed by atoms with E-state index in [1.54, 1.807) is 0 Å². The monoisotopic (exact) mass is 229 g/mol. The van der Waals surface area contributed by atoms with E-state index in [1.807, 2.05) is 11.8 Å². The van der Waals surface area contributed by atoms with Crippen molar-refractivity contribution in [1.82, 2.24) is 5.32 Å². The molecule has 2 heteroatoms.